The zero-order valence-electron chi connectivity index (χ0n) is 6.89. The highest BCUT2D eigenvalue weighted by Gasteiger charge is 2.10. The molecule has 0 atom stereocenters. The third-order valence-corrected chi connectivity index (χ3v) is 2.14. The lowest BCUT2D eigenvalue weighted by atomic mass is 10.0. The Morgan fingerprint density at radius 1 is 1.27 bits per heavy atom. The van der Waals surface area contributed by atoms with Crippen molar-refractivity contribution in [3.8, 4) is 0 Å². The molecule has 0 unspecified atom stereocenters. The second-order valence-corrected chi connectivity index (χ2v) is 3.06. The van der Waals surface area contributed by atoms with Crippen LogP contribution in [0.3, 0.4) is 0 Å². The molecule has 2 rings (SSSR count). The van der Waals surface area contributed by atoms with E-state index in [4.69, 9.17) is 0 Å². The van der Waals surface area contributed by atoms with Crippen LogP contribution in [0.25, 0.3) is 0 Å². The minimum Gasteiger partial charge on any atom is -0.285 e. The number of fused-ring (bicyclic) bond motifs is 1. The van der Waals surface area contributed by atoms with E-state index >= 15 is 0 Å². The van der Waals surface area contributed by atoms with Gasteiger partial charge in [0.25, 0.3) is 0 Å². The number of hydrogen-bond donors (Lipinski definition) is 0. The van der Waals surface area contributed by atoms with Crippen molar-refractivity contribution >= 4 is 5.71 Å². The Balaban J connectivity index is 2.58. The summed E-state index contributed by atoms with van der Waals surface area (Å²) in [6.07, 6.45) is 0. The van der Waals surface area contributed by atoms with E-state index in [-0.39, 0.29) is 0 Å². The molecule has 0 spiro atoms. The van der Waals surface area contributed by atoms with Crippen LogP contribution in [0, 0.1) is 6.92 Å². The van der Waals surface area contributed by atoms with Crippen LogP contribution in [0.1, 0.15) is 23.6 Å². The van der Waals surface area contributed by atoms with Gasteiger partial charge in [0.1, 0.15) is 0 Å². The summed E-state index contributed by atoms with van der Waals surface area (Å²) < 4.78 is 0. The SMILES string of the molecule is CC1=NCc2cc(C)ccc21. The van der Waals surface area contributed by atoms with Crippen LogP contribution in [-0.4, -0.2) is 5.71 Å². The molecule has 0 aliphatic carbocycles. The van der Waals surface area contributed by atoms with Crippen LogP contribution in [-0.2, 0) is 6.54 Å². The molecule has 1 aromatic carbocycles. The quantitative estimate of drug-likeness (QED) is 0.531. The predicted molar refractivity (Wildman–Crippen MR) is 47.1 cm³/mol. The molecule has 1 heteroatoms. The maximum absolute atomic E-state index is 4.36. The minimum atomic E-state index is 0.878. The Hall–Kier alpha value is -1.11. The Bertz CT molecular complexity index is 324. The third-order valence-electron chi connectivity index (χ3n) is 2.14. The Morgan fingerprint density at radius 2 is 2.09 bits per heavy atom. The van der Waals surface area contributed by atoms with Crippen molar-refractivity contribution in [2.75, 3.05) is 0 Å². The van der Waals surface area contributed by atoms with Crippen LogP contribution >= 0.6 is 0 Å². The topological polar surface area (TPSA) is 12.4 Å². The second kappa shape index (κ2) is 2.19. The Labute approximate surface area is 66.8 Å². The molecule has 56 valence electrons. The standard InChI is InChI=1S/C10H11N/c1-7-3-4-10-8(2)11-6-9(10)5-7/h3-5H,6H2,1-2H3. The average Bonchev–Trinajstić information content (AvgIpc) is 2.32. The van der Waals surface area contributed by atoms with Gasteiger partial charge < -0.3 is 0 Å². The molecular weight excluding hydrogens is 134 g/mol. The van der Waals surface area contributed by atoms with Gasteiger partial charge in [-0.05, 0) is 19.4 Å². The van der Waals surface area contributed by atoms with Crippen LogP contribution < -0.4 is 0 Å². The molecule has 0 amide bonds. The van der Waals surface area contributed by atoms with E-state index in [0.717, 1.165) is 6.54 Å². The predicted octanol–water partition coefficient (Wildman–Crippen LogP) is 2.32. The van der Waals surface area contributed by atoms with Crippen molar-refractivity contribution in [3.05, 3.63) is 34.9 Å². The third kappa shape index (κ3) is 0.967. The molecule has 0 radical (unpaired) electrons. The van der Waals surface area contributed by atoms with E-state index in [0.29, 0.717) is 0 Å². The molecule has 1 aromatic rings. The highest BCUT2D eigenvalue weighted by Crippen LogP contribution is 2.19. The monoisotopic (exact) mass is 145 g/mol. The number of nitrogens with zero attached hydrogens (tertiary/aromatic N) is 1. The van der Waals surface area contributed by atoms with E-state index in [9.17, 15) is 0 Å². The first kappa shape index (κ1) is 6.59. The van der Waals surface area contributed by atoms with Gasteiger partial charge in [-0.15, -0.1) is 0 Å². The lowest BCUT2D eigenvalue weighted by Gasteiger charge is -1.99. The minimum absolute atomic E-state index is 0.878. The van der Waals surface area contributed by atoms with Crippen molar-refractivity contribution in [2.24, 2.45) is 4.99 Å². The first-order valence-corrected chi connectivity index (χ1v) is 3.88. The summed E-state index contributed by atoms with van der Waals surface area (Å²) in [5, 5.41) is 0. The summed E-state index contributed by atoms with van der Waals surface area (Å²) >= 11 is 0. The van der Waals surface area contributed by atoms with Gasteiger partial charge >= 0.3 is 0 Å². The summed E-state index contributed by atoms with van der Waals surface area (Å²) in [6, 6.07) is 6.52. The van der Waals surface area contributed by atoms with Crippen molar-refractivity contribution in [1.82, 2.24) is 0 Å². The summed E-state index contributed by atoms with van der Waals surface area (Å²) in [5.74, 6) is 0. The first-order chi connectivity index (χ1) is 5.27. The maximum Gasteiger partial charge on any atom is 0.0649 e. The molecule has 0 saturated heterocycles. The highest BCUT2D eigenvalue weighted by molar-refractivity contribution is 6.01. The van der Waals surface area contributed by atoms with Crippen LogP contribution in [0.2, 0.25) is 0 Å². The van der Waals surface area contributed by atoms with E-state index in [1.54, 1.807) is 0 Å². The molecule has 0 aromatic heterocycles. The van der Waals surface area contributed by atoms with E-state index < -0.39 is 0 Å². The van der Waals surface area contributed by atoms with Gasteiger partial charge in [0.15, 0.2) is 0 Å². The Kier molecular flexibility index (Phi) is 1.31. The van der Waals surface area contributed by atoms with Gasteiger partial charge in [-0.2, -0.15) is 0 Å². The van der Waals surface area contributed by atoms with Crippen molar-refractivity contribution in [3.63, 3.8) is 0 Å². The fourth-order valence-electron chi connectivity index (χ4n) is 1.50. The van der Waals surface area contributed by atoms with Gasteiger partial charge in [0.2, 0.25) is 0 Å². The molecule has 0 saturated carbocycles. The van der Waals surface area contributed by atoms with E-state index in [1.165, 1.54) is 22.4 Å². The zero-order valence-corrected chi connectivity index (χ0v) is 6.89. The summed E-state index contributed by atoms with van der Waals surface area (Å²) in [4.78, 5) is 4.36. The smallest absolute Gasteiger partial charge is 0.0649 e. The van der Waals surface area contributed by atoms with Gasteiger partial charge in [0.05, 0.1) is 6.54 Å². The van der Waals surface area contributed by atoms with Gasteiger partial charge in [-0.25, -0.2) is 0 Å². The van der Waals surface area contributed by atoms with E-state index in [1.807, 2.05) is 0 Å². The van der Waals surface area contributed by atoms with E-state index in [2.05, 4.69) is 37.0 Å². The Morgan fingerprint density at radius 3 is 2.91 bits per heavy atom. The normalized spacial score (nSPS) is 14.5. The first-order valence-electron chi connectivity index (χ1n) is 3.88. The molecule has 1 aliphatic rings. The fraction of sp³-hybridized carbons (Fsp3) is 0.300. The average molecular weight is 145 g/mol. The summed E-state index contributed by atoms with van der Waals surface area (Å²) in [5.41, 5.74) is 5.21. The van der Waals surface area contributed by atoms with Crippen molar-refractivity contribution < 1.29 is 0 Å². The summed E-state index contributed by atoms with van der Waals surface area (Å²) in [7, 11) is 0. The number of benzene rings is 1. The zero-order chi connectivity index (χ0) is 7.84. The molecule has 1 nitrogen and oxygen atoms in total. The van der Waals surface area contributed by atoms with Crippen molar-refractivity contribution in [1.29, 1.82) is 0 Å². The van der Waals surface area contributed by atoms with Gasteiger partial charge in [-0.1, -0.05) is 23.8 Å². The molecule has 1 aliphatic heterocycles. The van der Waals surface area contributed by atoms with Crippen LogP contribution in [0.4, 0.5) is 0 Å². The lowest BCUT2D eigenvalue weighted by Crippen LogP contribution is -1.91. The molecule has 0 N–H and O–H groups in total. The molecule has 0 fully saturated rings. The maximum atomic E-state index is 4.36. The largest absolute Gasteiger partial charge is 0.285 e. The number of hydrogen-bond acceptors (Lipinski definition) is 1. The van der Waals surface area contributed by atoms with Gasteiger partial charge in [-0.3, -0.25) is 4.99 Å². The number of aliphatic imine (C=N–C) groups is 1. The van der Waals surface area contributed by atoms with Crippen molar-refractivity contribution in [2.45, 2.75) is 20.4 Å². The summed E-state index contributed by atoms with van der Waals surface area (Å²) in [6.45, 7) is 5.07. The molecular formula is C10H11N. The molecule has 0 bridgehead atoms. The molecule has 11 heavy (non-hydrogen) atoms. The van der Waals surface area contributed by atoms with Crippen LogP contribution in [0.15, 0.2) is 23.2 Å². The van der Waals surface area contributed by atoms with Gasteiger partial charge in [0, 0.05) is 11.3 Å². The highest BCUT2D eigenvalue weighted by atomic mass is 14.8. The second-order valence-electron chi connectivity index (χ2n) is 3.06. The molecule has 1 heterocycles. The number of rotatable bonds is 0. The number of aryl methyl sites for hydroxylation is 1. The lowest BCUT2D eigenvalue weighted by molar-refractivity contribution is 1.10. The fourth-order valence-corrected chi connectivity index (χ4v) is 1.50. The van der Waals surface area contributed by atoms with Crippen LogP contribution in [0.5, 0.6) is 0 Å².